The van der Waals surface area contributed by atoms with Crippen molar-refractivity contribution in [3.05, 3.63) is 23.8 Å². The first-order valence-corrected chi connectivity index (χ1v) is 5.24. The first-order valence-electron chi connectivity index (χ1n) is 3.69. The third kappa shape index (κ3) is 2.09. The molecule has 0 saturated heterocycles. The second-order valence-electron chi connectivity index (χ2n) is 2.78. The average Bonchev–Trinajstić information content (AvgIpc) is 2.02. The molecule has 1 aromatic rings. The van der Waals surface area contributed by atoms with Crippen LogP contribution in [0.3, 0.4) is 0 Å². The number of hydrogen-bond acceptors (Lipinski definition) is 4. The van der Waals surface area contributed by atoms with Crippen molar-refractivity contribution in [2.24, 2.45) is 5.14 Å². The maximum absolute atomic E-state index is 10.9. The van der Waals surface area contributed by atoms with Gasteiger partial charge in [0.05, 0.1) is 0 Å². The van der Waals surface area contributed by atoms with Gasteiger partial charge in [-0.1, -0.05) is 0 Å². The Kier molecular flexibility index (Phi) is 2.59. The van der Waals surface area contributed by atoms with Crippen LogP contribution in [0.1, 0.15) is 17.3 Å². The number of aromatic hydroxyl groups is 1. The monoisotopic (exact) mass is 215 g/mol. The molecule has 14 heavy (non-hydrogen) atoms. The van der Waals surface area contributed by atoms with Gasteiger partial charge < -0.3 is 5.11 Å². The van der Waals surface area contributed by atoms with Crippen molar-refractivity contribution in [1.29, 1.82) is 0 Å². The quantitative estimate of drug-likeness (QED) is 0.690. The zero-order valence-electron chi connectivity index (χ0n) is 7.39. The number of Topliss-reactive ketones (excluding diaryl/α,β-unsaturated/α-hetero) is 1. The summed E-state index contributed by atoms with van der Waals surface area (Å²) < 4.78 is 21.9. The summed E-state index contributed by atoms with van der Waals surface area (Å²) in [6.07, 6.45) is 0. The van der Waals surface area contributed by atoms with Crippen LogP contribution >= 0.6 is 0 Å². The summed E-state index contributed by atoms with van der Waals surface area (Å²) in [4.78, 5) is 10.5. The van der Waals surface area contributed by atoms with Gasteiger partial charge in [-0.15, -0.1) is 0 Å². The van der Waals surface area contributed by atoms with Crippen molar-refractivity contribution in [3.8, 4) is 5.75 Å². The molecule has 0 aliphatic carbocycles. The van der Waals surface area contributed by atoms with Crippen LogP contribution in [0.4, 0.5) is 0 Å². The predicted molar refractivity (Wildman–Crippen MR) is 49.5 cm³/mol. The molecule has 0 amide bonds. The fraction of sp³-hybridized carbons (Fsp3) is 0.125. The Morgan fingerprint density at radius 2 is 2.00 bits per heavy atom. The fourth-order valence-electron chi connectivity index (χ4n) is 0.961. The van der Waals surface area contributed by atoms with E-state index in [9.17, 15) is 18.3 Å². The Labute approximate surface area is 81.2 Å². The largest absolute Gasteiger partial charge is 0.507 e. The van der Waals surface area contributed by atoms with Crippen LogP contribution in [0.2, 0.25) is 0 Å². The van der Waals surface area contributed by atoms with Crippen LogP contribution in [0.25, 0.3) is 0 Å². The minimum Gasteiger partial charge on any atom is -0.507 e. The Bertz CT molecular complexity index is 478. The van der Waals surface area contributed by atoms with Crippen LogP contribution in [-0.4, -0.2) is 19.3 Å². The molecule has 0 saturated carbocycles. The smallest absolute Gasteiger partial charge is 0.241 e. The lowest BCUT2D eigenvalue weighted by molar-refractivity contribution is 0.101. The van der Waals surface area contributed by atoms with Crippen molar-refractivity contribution in [2.75, 3.05) is 0 Å². The maximum Gasteiger partial charge on any atom is 0.241 e. The van der Waals surface area contributed by atoms with E-state index in [1.807, 2.05) is 0 Å². The average molecular weight is 215 g/mol. The molecule has 5 nitrogen and oxygen atoms in total. The highest BCUT2D eigenvalue weighted by Gasteiger charge is 2.15. The number of carbonyl (C=O) groups is 1. The van der Waals surface area contributed by atoms with E-state index >= 15 is 0 Å². The Morgan fingerprint density at radius 3 is 2.43 bits per heavy atom. The lowest BCUT2D eigenvalue weighted by atomic mass is 10.1. The van der Waals surface area contributed by atoms with E-state index in [1.54, 1.807) is 0 Å². The van der Waals surface area contributed by atoms with E-state index in [1.165, 1.54) is 13.0 Å². The highest BCUT2D eigenvalue weighted by Crippen LogP contribution is 2.22. The number of rotatable bonds is 2. The molecule has 76 valence electrons. The van der Waals surface area contributed by atoms with Crippen molar-refractivity contribution >= 4 is 15.8 Å². The van der Waals surface area contributed by atoms with Crippen molar-refractivity contribution in [2.45, 2.75) is 11.8 Å². The van der Waals surface area contributed by atoms with E-state index in [0.29, 0.717) is 0 Å². The van der Waals surface area contributed by atoms with Gasteiger partial charge in [0.25, 0.3) is 0 Å². The summed E-state index contributed by atoms with van der Waals surface area (Å²) >= 11 is 0. The standard InChI is InChI=1S/C8H9NO4S/c1-5(10)6-2-3-7(11)8(4-6)14(9,12)13/h2-4,11H,1H3,(H2,9,12,13). The summed E-state index contributed by atoms with van der Waals surface area (Å²) in [6, 6.07) is 3.50. The zero-order chi connectivity index (χ0) is 10.9. The summed E-state index contributed by atoms with van der Waals surface area (Å²) in [5.74, 6) is -0.757. The summed E-state index contributed by atoms with van der Waals surface area (Å²) in [5, 5.41) is 14.0. The molecule has 3 N–H and O–H groups in total. The molecule has 0 aliphatic heterocycles. The van der Waals surface area contributed by atoms with E-state index in [2.05, 4.69) is 0 Å². The summed E-state index contributed by atoms with van der Waals surface area (Å²) in [6.45, 7) is 1.29. The van der Waals surface area contributed by atoms with Gasteiger partial charge in [0.15, 0.2) is 5.78 Å². The lowest BCUT2D eigenvalue weighted by Crippen LogP contribution is -2.13. The van der Waals surface area contributed by atoms with Crippen LogP contribution in [0, 0.1) is 0 Å². The number of phenols is 1. The molecule has 0 heterocycles. The molecule has 6 heteroatoms. The fourth-order valence-corrected chi connectivity index (χ4v) is 1.61. The molecular weight excluding hydrogens is 206 g/mol. The number of carbonyl (C=O) groups excluding carboxylic acids is 1. The minimum atomic E-state index is -3.99. The molecule has 0 atom stereocenters. The number of nitrogens with two attached hydrogens (primary N) is 1. The Hall–Kier alpha value is -1.40. The number of phenolic OH excluding ortho intramolecular Hbond substituents is 1. The molecule has 0 aromatic heterocycles. The SMILES string of the molecule is CC(=O)c1ccc(O)c(S(N)(=O)=O)c1. The minimum absolute atomic E-state index is 0.187. The van der Waals surface area contributed by atoms with Gasteiger partial charge in [-0.2, -0.15) is 0 Å². The summed E-state index contributed by atoms with van der Waals surface area (Å²) in [5.41, 5.74) is 0.187. The van der Waals surface area contributed by atoms with E-state index in [0.717, 1.165) is 12.1 Å². The van der Waals surface area contributed by atoms with Crippen molar-refractivity contribution in [1.82, 2.24) is 0 Å². The van der Waals surface area contributed by atoms with E-state index < -0.39 is 20.7 Å². The second kappa shape index (κ2) is 3.39. The van der Waals surface area contributed by atoms with E-state index in [4.69, 9.17) is 5.14 Å². The van der Waals surface area contributed by atoms with Crippen LogP contribution < -0.4 is 5.14 Å². The molecule has 1 aromatic carbocycles. The Balaban J connectivity index is 3.44. The third-order valence-corrected chi connectivity index (χ3v) is 2.61. The number of ketones is 1. The first kappa shape index (κ1) is 10.7. The van der Waals surface area contributed by atoms with Crippen LogP contribution in [0.5, 0.6) is 5.75 Å². The van der Waals surface area contributed by atoms with Gasteiger partial charge in [0, 0.05) is 5.56 Å². The first-order chi connectivity index (χ1) is 6.32. The van der Waals surface area contributed by atoms with Gasteiger partial charge in [0.2, 0.25) is 10.0 Å². The molecule has 0 unspecified atom stereocenters. The second-order valence-corrected chi connectivity index (χ2v) is 4.31. The molecule has 0 radical (unpaired) electrons. The summed E-state index contributed by atoms with van der Waals surface area (Å²) in [7, 11) is -3.99. The number of sulfonamides is 1. The number of primary sulfonamides is 1. The van der Waals surface area contributed by atoms with Gasteiger partial charge in [-0.3, -0.25) is 4.79 Å². The van der Waals surface area contributed by atoms with E-state index in [-0.39, 0.29) is 11.3 Å². The van der Waals surface area contributed by atoms with Crippen molar-refractivity contribution in [3.63, 3.8) is 0 Å². The molecule has 0 aliphatic rings. The predicted octanol–water partition coefficient (Wildman–Crippen LogP) is 0.242. The highest BCUT2D eigenvalue weighted by atomic mass is 32.2. The molecule has 0 fully saturated rings. The normalized spacial score (nSPS) is 11.3. The van der Waals surface area contributed by atoms with Gasteiger partial charge >= 0.3 is 0 Å². The van der Waals surface area contributed by atoms with Crippen molar-refractivity contribution < 1.29 is 18.3 Å². The van der Waals surface area contributed by atoms with Gasteiger partial charge in [0.1, 0.15) is 10.6 Å². The third-order valence-electron chi connectivity index (χ3n) is 1.67. The molecule has 1 rings (SSSR count). The zero-order valence-corrected chi connectivity index (χ0v) is 8.21. The number of benzene rings is 1. The van der Waals surface area contributed by atoms with Gasteiger partial charge in [-0.25, -0.2) is 13.6 Å². The lowest BCUT2D eigenvalue weighted by Gasteiger charge is -2.03. The molecule has 0 bridgehead atoms. The van der Waals surface area contributed by atoms with Crippen LogP contribution in [0.15, 0.2) is 23.1 Å². The topological polar surface area (TPSA) is 97.5 Å². The maximum atomic E-state index is 10.9. The Morgan fingerprint density at radius 1 is 1.43 bits per heavy atom. The molecule has 0 spiro atoms. The van der Waals surface area contributed by atoms with Crippen LogP contribution in [-0.2, 0) is 10.0 Å². The number of hydrogen-bond donors (Lipinski definition) is 2. The highest BCUT2D eigenvalue weighted by molar-refractivity contribution is 7.89. The van der Waals surface area contributed by atoms with Gasteiger partial charge in [-0.05, 0) is 25.1 Å². The molecular formula is C8H9NO4S.